The number of nitrogens with one attached hydrogen (secondary N) is 1. The van der Waals surface area contributed by atoms with E-state index in [2.05, 4.69) is 26.7 Å². The summed E-state index contributed by atoms with van der Waals surface area (Å²) in [5.74, 6) is 2.09. The summed E-state index contributed by atoms with van der Waals surface area (Å²) < 4.78 is 7.76. The molecule has 2 saturated heterocycles. The fourth-order valence-electron chi connectivity index (χ4n) is 3.42. The summed E-state index contributed by atoms with van der Waals surface area (Å²) in [4.78, 5) is 11.5. The van der Waals surface area contributed by atoms with Crippen molar-refractivity contribution in [2.45, 2.75) is 33.2 Å². The molecule has 1 atom stereocenters. The molecule has 1 unspecified atom stereocenters. The van der Waals surface area contributed by atoms with Gasteiger partial charge in [-0.05, 0) is 26.7 Å². The summed E-state index contributed by atoms with van der Waals surface area (Å²) in [6, 6.07) is 0. The lowest BCUT2D eigenvalue weighted by Crippen LogP contribution is -2.41. The van der Waals surface area contributed by atoms with Crippen LogP contribution in [0.4, 0.5) is 0 Å². The van der Waals surface area contributed by atoms with Crippen molar-refractivity contribution >= 4 is 5.96 Å². The molecule has 3 heterocycles. The molecule has 1 aromatic heterocycles. The van der Waals surface area contributed by atoms with E-state index in [0.29, 0.717) is 5.41 Å². The fraction of sp³-hybridized carbons (Fsp3) is 0.750. The molecule has 2 fully saturated rings. The average Bonchev–Trinajstić information content (AvgIpc) is 3.23. The van der Waals surface area contributed by atoms with Gasteiger partial charge >= 0.3 is 0 Å². The molecule has 6 nitrogen and oxygen atoms in total. The van der Waals surface area contributed by atoms with Crippen molar-refractivity contribution in [1.29, 1.82) is 0 Å². The maximum Gasteiger partial charge on any atom is 0.193 e. The Hall–Kier alpha value is -1.56. The maximum absolute atomic E-state index is 5.62. The highest BCUT2D eigenvalue weighted by molar-refractivity contribution is 5.80. The molecule has 3 rings (SSSR count). The summed E-state index contributed by atoms with van der Waals surface area (Å²) in [7, 11) is 0. The Morgan fingerprint density at radius 1 is 1.50 bits per heavy atom. The van der Waals surface area contributed by atoms with Gasteiger partial charge in [0.15, 0.2) is 5.96 Å². The Balaban J connectivity index is 1.60. The minimum absolute atomic E-state index is 0.372. The SMILES string of the molecule is CCNC(=NCCn1ccnc1C)N1CCC2(CCOC2)C1. The predicted molar refractivity (Wildman–Crippen MR) is 87.0 cm³/mol. The van der Waals surface area contributed by atoms with Gasteiger partial charge in [-0.1, -0.05) is 0 Å². The van der Waals surface area contributed by atoms with Gasteiger partial charge in [0, 0.05) is 50.6 Å². The number of nitrogens with zero attached hydrogens (tertiary/aromatic N) is 4. The van der Waals surface area contributed by atoms with Crippen LogP contribution in [0.3, 0.4) is 0 Å². The molecule has 122 valence electrons. The fourth-order valence-corrected chi connectivity index (χ4v) is 3.42. The van der Waals surface area contributed by atoms with Gasteiger partial charge in [0.2, 0.25) is 0 Å². The van der Waals surface area contributed by atoms with Crippen LogP contribution < -0.4 is 5.32 Å². The lowest BCUT2D eigenvalue weighted by Gasteiger charge is -2.25. The van der Waals surface area contributed by atoms with E-state index >= 15 is 0 Å². The van der Waals surface area contributed by atoms with Crippen molar-refractivity contribution in [3.63, 3.8) is 0 Å². The molecule has 1 N–H and O–H groups in total. The lowest BCUT2D eigenvalue weighted by atomic mass is 9.87. The highest BCUT2D eigenvalue weighted by Gasteiger charge is 2.42. The number of aromatic nitrogens is 2. The number of rotatable bonds is 4. The van der Waals surface area contributed by atoms with Crippen molar-refractivity contribution in [2.24, 2.45) is 10.4 Å². The van der Waals surface area contributed by atoms with E-state index in [9.17, 15) is 0 Å². The number of imidazole rings is 1. The first kappa shape index (κ1) is 15.3. The van der Waals surface area contributed by atoms with Gasteiger partial charge < -0.3 is 19.5 Å². The number of likely N-dealkylation sites (tertiary alicyclic amines) is 1. The van der Waals surface area contributed by atoms with Crippen LogP contribution in [0.15, 0.2) is 17.4 Å². The second-order valence-corrected chi connectivity index (χ2v) is 6.38. The van der Waals surface area contributed by atoms with E-state index in [-0.39, 0.29) is 0 Å². The van der Waals surface area contributed by atoms with E-state index in [1.165, 1.54) is 12.8 Å². The molecule has 1 aromatic rings. The number of aliphatic imine (C=N–C) groups is 1. The molecule has 1 spiro atoms. The first-order chi connectivity index (χ1) is 10.7. The van der Waals surface area contributed by atoms with E-state index in [1.807, 2.05) is 19.3 Å². The zero-order valence-electron chi connectivity index (χ0n) is 13.7. The first-order valence-electron chi connectivity index (χ1n) is 8.31. The van der Waals surface area contributed by atoms with E-state index in [1.54, 1.807) is 0 Å². The van der Waals surface area contributed by atoms with Gasteiger partial charge in [0.25, 0.3) is 0 Å². The van der Waals surface area contributed by atoms with Crippen molar-refractivity contribution in [3.8, 4) is 0 Å². The molecule has 0 bridgehead atoms. The highest BCUT2D eigenvalue weighted by atomic mass is 16.5. The molecule has 0 amide bonds. The van der Waals surface area contributed by atoms with Crippen LogP contribution in [0.2, 0.25) is 0 Å². The number of hydrogen-bond acceptors (Lipinski definition) is 3. The maximum atomic E-state index is 5.62. The minimum atomic E-state index is 0.372. The molecular formula is C16H27N5O. The largest absolute Gasteiger partial charge is 0.381 e. The van der Waals surface area contributed by atoms with Crippen LogP contribution in [-0.4, -0.2) is 59.8 Å². The summed E-state index contributed by atoms with van der Waals surface area (Å²) in [6.07, 6.45) is 6.27. The van der Waals surface area contributed by atoms with Crippen LogP contribution in [0, 0.1) is 12.3 Å². The van der Waals surface area contributed by atoms with Gasteiger partial charge in [0.1, 0.15) is 5.82 Å². The van der Waals surface area contributed by atoms with Crippen LogP contribution in [-0.2, 0) is 11.3 Å². The quantitative estimate of drug-likeness (QED) is 0.672. The van der Waals surface area contributed by atoms with Crippen LogP contribution >= 0.6 is 0 Å². The van der Waals surface area contributed by atoms with E-state index in [0.717, 1.165) is 57.7 Å². The van der Waals surface area contributed by atoms with Gasteiger partial charge in [0.05, 0.1) is 13.2 Å². The summed E-state index contributed by atoms with van der Waals surface area (Å²) in [5, 5.41) is 3.44. The second-order valence-electron chi connectivity index (χ2n) is 6.38. The smallest absolute Gasteiger partial charge is 0.193 e. The molecule has 0 aromatic carbocycles. The van der Waals surface area contributed by atoms with Gasteiger partial charge in [-0.3, -0.25) is 4.99 Å². The van der Waals surface area contributed by atoms with Gasteiger partial charge in [-0.2, -0.15) is 0 Å². The molecule has 2 aliphatic rings. The summed E-state index contributed by atoms with van der Waals surface area (Å²) in [6.45, 7) is 10.7. The third kappa shape index (κ3) is 3.27. The molecule has 22 heavy (non-hydrogen) atoms. The minimum Gasteiger partial charge on any atom is -0.381 e. The Morgan fingerprint density at radius 2 is 2.41 bits per heavy atom. The molecule has 0 radical (unpaired) electrons. The van der Waals surface area contributed by atoms with Gasteiger partial charge in [-0.15, -0.1) is 0 Å². The van der Waals surface area contributed by atoms with E-state index < -0.39 is 0 Å². The lowest BCUT2D eigenvalue weighted by molar-refractivity contribution is 0.156. The molecule has 0 aliphatic carbocycles. The van der Waals surface area contributed by atoms with Crippen LogP contribution in [0.1, 0.15) is 25.6 Å². The summed E-state index contributed by atoms with van der Waals surface area (Å²) in [5.41, 5.74) is 0.372. The van der Waals surface area contributed by atoms with Crippen molar-refractivity contribution in [2.75, 3.05) is 39.4 Å². The molecule has 0 saturated carbocycles. The van der Waals surface area contributed by atoms with Crippen molar-refractivity contribution in [3.05, 3.63) is 18.2 Å². The monoisotopic (exact) mass is 305 g/mol. The molecule has 2 aliphatic heterocycles. The van der Waals surface area contributed by atoms with Gasteiger partial charge in [-0.25, -0.2) is 4.98 Å². The Kier molecular flexibility index (Phi) is 4.66. The summed E-state index contributed by atoms with van der Waals surface area (Å²) >= 11 is 0. The standard InChI is InChI=1S/C16H27N5O/c1-3-17-15(19-7-10-20-9-6-18-14(20)2)21-8-4-16(12-21)5-11-22-13-16/h6,9H,3-5,7-8,10-13H2,1-2H3,(H,17,19). The Labute approximate surface area is 132 Å². The van der Waals surface area contributed by atoms with Crippen molar-refractivity contribution < 1.29 is 4.74 Å². The van der Waals surface area contributed by atoms with Crippen LogP contribution in [0.5, 0.6) is 0 Å². The zero-order valence-corrected chi connectivity index (χ0v) is 13.7. The number of hydrogen-bond donors (Lipinski definition) is 1. The third-order valence-electron chi connectivity index (χ3n) is 4.78. The number of guanidine groups is 1. The normalized spacial score (nSPS) is 25.4. The molecule has 6 heteroatoms. The molecular weight excluding hydrogens is 278 g/mol. The second kappa shape index (κ2) is 6.69. The predicted octanol–water partition coefficient (Wildman–Crippen LogP) is 1.27. The third-order valence-corrected chi connectivity index (χ3v) is 4.78. The number of aryl methyl sites for hydroxylation is 1. The van der Waals surface area contributed by atoms with Crippen molar-refractivity contribution in [1.82, 2.24) is 19.8 Å². The zero-order chi connectivity index (χ0) is 15.4. The van der Waals surface area contributed by atoms with E-state index in [4.69, 9.17) is 9.73 Å². The highest BCUT2D eigenvalue weighted by Crippen LogP contribution is 2.38. The topological polar surface area (TPSA) is 54.7 Å². The Bertz CT molecular complexity index is 518. The Morgan fingerprint density at radius 3 is 3.09 bits per heavy atom. The first-order valence-corrected chi connectivity index (χ1v) is 8.31. The average molecular weight is 305 g/mol. The van der Waals surface area contributed by atoms with Crippen LogP contribution in [0.25, 0.3) is 0 Å². The number of ether oxygens (including phenoxy) is 1.